The van der Waals surface area contributed by atoms with E-state index in [0.717, 1.165) is 31.0 Å². The van der Waals surface area contributed by atoms with Gasteiger partial charge in [-0.05, 0) is 6.92 Å². The van der Waals surface area contributed by atoms with E-state index in [9.17, 15) is 8.42 Å². The normalized spacial score (nSPS) is 15.9. The molecule has 17 heavy (non-hydrogen) atoms. The van der Waals surface area contributed by atoms with Gasteiger partial charge in [-0.15, -0.1) is 0 Å². The largest absolute Gasteiger partial charge is 0.331 e. The van der Waals surface area contributed by atoms with Crippen LogP contribution in [0, 0.1) is 6.92 Å². The van der Waals surface area contributed by atoms with Crippen LogP contribution in [0.15, 0.2) is 0 Å². The number of imidazole rings is 1. The van der Waals surface area contributed by atoms with Gasteiger partial charge in [0, 0.05) is 37.5 Å². The zero-order valence-corrected chi connectivity index (χ0v) is 11.2. The number of sulfone groups is 1. The molecule has 0 spiro atoms. The van der Waals surface area contributed by atoms with E-state index in [1.807, 2.05) is 6.92 Å². The summed E-state index contributed by atoms with van der Waals surface area (Å²) in [6.45, 7) is 5.90. The molecule has 5 nitrogen and oxygen atoms in total. The first-order chi connectivity index (χ1) is 8.03. The molecule has 0 saturated carbocycles. The minimum absolute atomic E-state index is 0.209. The lowest BCUT2D eigenvalue weighted by Crippen LogP contribution is -2.26. The Labute approximate surface area is 102 Å². The van der Waals surface area contributed by atoms with Gasteiger partial charge in [-0.1, -0.05) is 6.92 Å². The van der Waals surface area contributed by atoms with Crippen molar-refractivity contribution in [2.75, 3.05) is 18.1 Å². The minimum atomic E-state index is -2.90. The number of hydrogen-bond acceptors (Lipinski definition) is 4. The van der Waals surface area contributed by atoms with Gasteiger partial charge in [0.15, 0.2) is 9.84 Å². The summed E-state index contributed by atoms with van der Waals surface area (Å²) in [5.74, 6) is 1.34. The molecular formula is C11H19N3O2S. The van der Waals surface area contributed by atoms with Crippen LogP contribution in [0.3, 0.4) is 0 Å². The summed E-state index contributed by atoms with van der Waals surface area (Å²) in [5, 5.41) is 3.27. The summed E-state index contributed by atoms with van der Waals surface area (Å²) in [7, 11) is -2.90. The highest BCUT2D eigenvalue weighted by molar-refractivity contribution is 7.91. The maximum absolute atomic E-state index is 11.5. The number of aryl methyl sites for hydroxylation is 1. The van der Waals surface area contributed by atoms with E-state index in [4.69, 9.17) is 0 Å². The number of hydrogen-bond donors (Lipinski definition) is 1. The summed E-state index contributed by atoms with van der Waals surface area (Å²) >= 11 is 0. The molecule has 2 heterocycles. The standard InChI is InChI=1S/C11H19N3O2S/c1-3-17(15,16)7-6-14-9(2)13-10-8-12-5-4-11(10)14/h12H,3-8H2,1-2H3. The molecule has 0 bridgehead atoms. The fourth-order valence-electron chi connectivity index (χ4n) is 2.18. The van der Waals surface area contributed by atoms with Crippen molar-refractivity contribution < 1.29 is 8.42 Å². The molecule has 6 heteroatoms. The van der Waals surface area contributed by atoms with Crippen LogP contribution in [0.25, 0.3) is 0 Å². The van der Waals surface area contributed by atoms with Crippen molar-refractivity contribution in [2.45, 2.75) is 33.4 Å². The number of aromatic nitrogens is 2. The Morgan fingerprint density at radius 3 is 2.94 bits per heavy atom. The smallest absolute Gasteiger partial charge is 0.151 e. The highest BCUT2D eigenvalue weighted by atomic mass is 32.2. The first-order valence-corrected chi connectivity index (χ1v) is 7.81. The van der Waals surface area contributed by atoms with Gasteiger partial charge in [-0.2, -0.15) is 0 Å². The molecule has 96 valence electrons. The Kier molecular flexibility index (Phi) is 3.53. The maximum atomic E-state index is 11.5. The van der Waals surface area contributed by atoms with Crippen LogP contribution in [-0.2, 0) is 29.3 Å². The van der Waals surface area contributed by atoms with Crippen molar-refractivity contribution >= 4 is 9.84 Å². The molecule has 0 fully saturated rings. The van der Waals surface area contributed by atoms with Crippen LogP contribution in [0.4, 0.5) is 0 Å². The minimum Gasteiger partial charge on any atom is -0.331 e. The molecule has 1 N–H and O–H groups in total. The highest BCUT2D eigenvalue weighted by Gasteiger charge is 2.18. The quantitative estimate of drug-likeness (QED) is 0.841. The number of rotatable bonds is 4. The van der Waals surface area contributed by atoms with Crippen molar-refractivity contribution in [2.24, 2.45) is 0 Å². The fraction of sp³-hybridized carbons (Fsp3) is 0.727. The summed E-state index contributed by atoms with van der Waals surface area (Å²) < 4.78 is 25.1. The third-order valence-electron chi connectivity index (χ3n) is 3.24. The van der Waals surface area contributed by atoms with E-state index < -0.39 is 9.84 Å². The second kappa shape index (κ2) is 4.78. The van der Waals surface area contributed by atoms with Gasteiger partial charge in [-0.3, -0.25) is 0 Å². The summed E-state index contributed by atoms with van der Waals surface area (Å²) in [6, 6.07) is 0. The van der Waals surface area contributed by atoms with Crippen molar-refractivity contribution in [1.82, 2.24) is 14.9 Å². The van der Waals surface area contributed by atoms with E-state index >= 15 is 0 Å². The van der Waals surface area contributed by atoms with Crippen molar-refractivity contribution in [3.8, 4) is 0 Å². The maximum Gasteiger partial charge on any atom is 0.151 e. The third kappa shape index (κ3) is 2.69. The Hall–Kier alpha value is -0.880. The van der Waals surface area contributed by atoms with Crippen molar-refractivity contribution in [1.29, 1.82) is 0 Å². The van der Waals surface area contributed by atoms with Gasteiger partial charge >= 0.3 is 0 Å². The monoisotopic (exact) mass is 257 g/mol. The van der Waals surface area contributed by atoms with Gasteiger partial charge in [0.25, 0.3) is 0 Å². The molecule has 1 aromatic rings. The van der Waals surface area contributed by atoms with Crippen LogP contribution < -0.4 is 5.32 Å². The zero-order chi connectivity index (χ0) is 12.5. The molecule has 0 radical (unpaired) electrons. The van der Waals surface area contributed by atoms with Gasteiger partial charge in [0.05, 0.1) is 11.4 Å². The Bertz CT molecular complexity index is 505. The third-order valence-corrected chi connectivity index (χ3v) is 4.93. The number of nitrogens with one attached hydrogen (secondary N) is 1. The first-order valence-electron chi connectivity index (χ1n) is 5.99. The summed E-state index contributed by atoms with van der Waals surface area (Å²) in [4.78, 5) is 4.48. The first kappa shape index (κ1) is 12.6. The second-order valence-electron chi connectivity index (χ2n) is 4.37. The second-order valence-corrected chi connectivity index (χ2v) is 6.84. The van der Waals surface area contributed by atoms with E-state index in [-0.39, 0.29) is 11.5 Å². The molecule has 1 aromatic heterocycles. The van der Waals surface area contributed by atoms with Gasteiger partial charge in [-0.25, -0.2) is 13.4 Å². The molecule has 0 aromatic carbocycles. The Morgan fingerprint density at radius 2 is 2.24 bits per heavy atom. The fourth-order valence-corrected chi connectivity index (χ4v) is 2.93. The van der Waals surface area contributed by atoms with Crippen molar-refractivity contribution in [3.63, 3.8) is 0 Å². The number of fused-ring (bicyclic) bond motifs is 1. The van der Waals surface area contributed by atoms with Crippen molar-refractivity contribution in [3.05, 3.63) is 17.2 Å². The number of nitrogens with zero attached hydrogens (tertiary/aromatic N) is 2. The zero-order valence-electron chi connectivity index (χ0n) is 10.4. The van der Waals surface area contributed by atoms with Crippen LogP contribution in [0.2, 0.25) is 0 Å². The molecule has 0 aliphatic carbocycles. The van der Waals surface area contributed by atoms with Gasteiger partial charge in [0.1, 0.15) is 5.82 Å². The average molecular weight is 257 g/mol. The topological polar surface area (TPSA) is 64.0 Å². The van der Waals surface area contributed by atoms with Crippen LogP contribution in [-0.4, -0.2) is 36.0 Å². The van der Waals surface area contributed by atoms with Crippen LogP contribution in [0.5, 0.6) is 0 Å². The molecule has 0 atom stereocenters. The lowest BCUT2D eigenvalue weighted by atomic mass is 10.2. The molecule has 0 amide bonds. The van der Waals surface area contributed by atoms with Gasteiger partial charge < -0.3 is 9.88 Å². The van der Waals surface area contributed by atoms with E-state index in [0.29, 0.717) is 6.54 Å². The molecule has 0 unspecified atom stereocenters. The molecular weight excluding hydrogens is 238 g/mol. The Balaban J connectivity index is 2.19. The molecule has 0 saturated heterocycles. The molecule has 1 aliphatic heterocycles. The summed E-state index contributed by atoms with van der Waals surface area (Å²) in [6.07, 6.45) is 0.933. The lowest BCUT2D eigenvalue weighted by molar-refractivity contribution is 0.575. The average Bonchev–Trinajstić information content (AvgIpc) is 2.62. The van der Waals surface area contributed by atoms with Gasteiger partial charge in [0.2, 0.25) is 0 Å². The molecule has 1 aliphatic rings. The SMILES string of the molecule is CCS(=O)(=O)CCn1c(C)nc2c1CCNC2. The highest BCUT2D eigenvalue weighted by Crippen LogP contribution is 2.15. The van der Waals surface area contributed by atoms with Crippen LogP contribution >= 0.6 is 0 Å². The van der Waals surface area contributed by atoms with E-state index in [1.54, 1.807) is 6.92 Å². The Morgan fingerprint density at radius 1 is 1.47 bits per heavy atom. The van der Waals surface area contributed by atoms with E-state index in [1.165, 1.54) is 5.69 Å². The van der Waals surface area contributed by atoms with E-state index in [2.05, 4.69) is 14.9 Å². The summed E-state index contributed by atoms with van der Waals surface area (Å²) in [5.41, 5.74) is 2.27. The predicted octanol–water partition coefficient (Wildman–Crippen LogP) is 0.272. The predicted molar refractivity (Wildman–Crippen MR) is 66.7 cm³/mol. The molecule has 2 rings (SSSR count). The van der Waals surface area contributed by atoms with Crippen LogP contribution in [0.1, 0.15) is 24.1 Å². The lowest BCUT2D eigenvalue weighted by Gasteiger charge is -2.15.